The number of benzene rings is 1. The van der Waals surface area contributed by atoms with Gasteiger partial charge in [-0.25, -0.2) is 4.79 Å². The third-order valence-electron chi connectivity index (χ3n) is 5.69. The molecule has 1 saturated heterocycles. The molecule has 2 aliphatic rings. The van der Waals surface area contributed by atoms with E-state index >= 15 is 0 Å². The van der Waals surface area contributed by atoms with Crippen LogP contribution in [0, 0.1) is 0 Å². The minimum absolute atomic E-state index is 0.00841. The van der Waals surface area contributed by atoms with Crippen LogP contribution in [0.2, 0.25) is 0 Å². The van der Waals surface area contributed by atoms with Crippen molar-refractivity contribution in [1.82, 2.24) is 9.80 Å². The first-order valence-corrected chi connectivity index (χ1v) is 10.8. The molecule has 9 heteroatoms. The molecule has 1 aromatic heterocycles. The normalized spacial score (nSPS) is 15.5. The van der Waals surface area contributed by atoms with Crippen molar-refractivity contribution in [2.24, 2.45) is 0 Å². The monoisotopic (exact) mass is 441 g/mol. The van der Waals surface area contributed by atoms with Gasteiger partial charge in [0.25, 0.3) is 5.91 Å². The van der Waals surface area contributed by atoms with Crippen LogP contribution in [0.3, 0.4) is 0 Å². The number of ether oxygens (including phenoxy) is 2. The Morgan fingerprint density at radius 2 is 1.81 bits per heavy atom. The average molecular weight is 441 g/mol. The SMILES string of the molecule is CCOC(=O)N1CCN(C(=O)COc2coc(CN3CCc4ccccc43)cc2=O)CC1. The first kappa shape index (κ1) is 21.7. The highest BCUT2D eigenvalue weighted by Crippen LogP contribution is 2.28. The van der Waals surface area contributed by atoms with Crippen molar-refractivity contribution in [3.8, 4) is 5.75 Å². The fourth-order valence-corrected chi connectivity index (χ4v) is 3.97. The minimum Gasteiger partial charge on any atom is -0.477 e. The summed E-state index contributed by atoms with van der Waals surface area (Å²) in [4.78, 5) is 42.0. The predicted octanol–water partition coefficient (Wildman–Crippen LogP) is 1.88. The Labute approximate surface area is 186 Å². The summed E-state index contributed by atoms with van der Waals surface area (Å²) < 4.78 is 16.0. The lowest BCUT2D eigenvalue weighted by molar-refractivity contribution is -0.135. The molecule has 0 atom stereocenters. The van der Waals surface area contributed by atoms with Crippen molar-refractivity contribution in [2.75, 3.05) is 50.8 Å². The van der Waals surface area contributed by atoms with Crippen molar-refractivity contribution < 1.29 is 23.5 Å². The highest BCUT2D eigenvalue weighted by atomic mass is 16.6. The second-order valence-electron chi connectivity index (χ2n) is 7.73. The zero-order chi connectivity index (χ0) is 22.5. The Morgan fingerprint density at radius 1 is 1.06 bits per heavy atom. The molecule has 3 heterocycles. The maximum atomic E-state index is 12.4. The van der Waals surface area contributed by atoms with Gasteiger partial charge in [-0.15, -0.1) is 0 Å². The molecule has 9 nitrogen and oxygen atoms in total. The van der Waals surface area contributed by atoms with Gasteiger partial charge in [-0.3, -0.25) is 9.59 Å². The van der Waals surface area contributed by atoms with Gasteiger partial charge in [0, 0.05) is 44.5 Å². The maximum absolute atomic E-state index is 12.4. The largest absolute Gasteiger partial charge is 0.477 e. The molecule has 4 rings (SSSR count). The van der Waals surface area contributed by atoms with Gasteiger partial charge in [-0.05, 0) is 25.0 Å². The molecule has 2 aromatic rings. The number of hydrogen-bond donors (Lipinski definition) is 0. The van der Waals surface area contributed by atoms with E-state index in [2.05, 4.69) is 17.0 Å². The molecular formula is C23H27N3O6. The van der Waals surface area contributed by atoms with Crippen LogP contribution in [-0.4, -0.2) is 67.7 Å². The summed E-state index contributed by atoms with van der Waals surface area (Å²) in [6.45, 7) is 4.78. The molecule has 1 aromatic carbocycles. The average Bonchev–Trinajstić information content (AvgIpc) is 3.21. The summed E-state index contributed by atoms with van der Waals surface area (Å²) in [5.74, 6) is 0.306. The Bertz CT molecular complexity index is 1030. The molecular weight excluding hydrogens is 414 g/mol. The first-order chi connectivity index (χ1) is 15.5. The summed E-state index contributed by atoms with van der Waals surface area (Å²) in [5.41, 5.74) is 2.12. The molecule has 2 amide bonds. The fraction of sp³-hybridized carbons (Fsp3) is 0.435. The lowest BCUT2D eigenvalue weighted by Gasteiger charge is -2.33. The molecule has 0 N–H and O–H groups in total. The maximum Gasteiger partial charge on any atom is 0.409 e. The van der Waals surface area contributed by atoms with Gasteiger partial charge in [-0.1, -0.05) is 18.2 Å². The van der Waals surface area contributed by atoms with E-state index in [0.717, 1.165) is 18.7 Å². The predicted molar refractivity (Wildman–Crippen MR) is 117 cm³/mol. The van der Waals surface area contributed by atoms with E-state index in [1.54, 1.807) is 16.7 Å². The molecule has 2 aliphatic heterocycles. The van der Waals surface area contributed by atoms with E-state index < -0.39 is 0 Å². The van der Waals surface area contributed by atoms with Crippen molar-refractivity contribution >= 4 is 17.7 Å². The van der Waals surface area contributed by atoms with Crippen molar-refractivity contribution in [1.29, 1.82) is 0 Å². The summed E-state index contributed by atoms with van der Waals surface area (Å²) >= 11 is 0. The van der Waals surface area contributed by atoms with Crippen LogP contribution >= 0.6 is 0 Å². The van der Waals surface area contributed by atoms with E-state index in [-0.39, 0.29) is 29.8 Å². The number of fused-ring (bicyclic) bond motifs is 1. The smallest absolute Gasteiger partial charge is 0.409 e. The second-order valence-corrected chi connectivity index (χ2v) is 7.73. The lowest BCUT2D eigenvalue weighted by Crippen LogP contribution is -2.51. The van der Waals surface area contributed by atoms with Gasteiger partial charge in [0.2, 0.25) is 11.2 Å². The van der Waals surface area contributed by atoms with E-state index in [1.807, 2.05) is 12.1 Å². The van der Waals surface area contributed by atoms with E-state index in [4.69, 9.17) is 13.9 Å². The molecule has 0 bridgehead atoms. The zero-order valence-electron chi connectivity index (χ0n) is 18.1. The van der Waals surface area contributed by atoms with Gasteiger partial charge in [0.05, 0.1) is 13.2 Å². The Morgan fingerprint density at radius 3 is 2.56 bits per heavy atom. The molecule has 0 spiro atoms. The first-order valence-electron chi connectivity index (χ1n) is 10.8. The number of hydrogen-bond acceptors (Lipinski definition) is 7. The fourth-order valence-electron chi connectivity index (χ4n) is 3.97. The van der Waals surface area contributed by atoms with Crippen LogP contribution in [-0.2, 0) is 22.5 Å². The Balaban J connectivity index is 1.28. The van der Waals surface area contributed by atoms with Crippen molar-refractivity contribution in [3.05, 3.63) is 58.1 Å². The van der Waals surface area contributed by atoms with Crippen LogP contribution in [0.1, 0.15) is 18.2 Å². The van der Waals surface area contributed by atoms with Crippen LogP contribution in [0.4, 0.5) is 10.5 Å². The molecule has 170 valence electrons. The quantitative estimate of drug-likeness (QED) is 0.676. The van der Waals surface area contributed by atoms with E-state index in [9.17, 15) is 14.4 Å². The lowest BCUT2D eigenvalue weighted by atomic mass is 10.2. The standard InChI is InChI=1S/C23H27N3O6/c1-2-30-23(29)25-11-9-24(10-12-25)22(28)16-32-21-15-31-18(13-20(21)27)14-26-8-7-17-5-3-4-6-19(17)26/h3-6,13,15H,2,7-12,14,16H2,1H3. The van der Waals surface area contributed by atoms with Crippen molar-refractivity contribution in [3.63, 3.8) is 0 Å². The molecule has 0 saturated carbocycles. The van der Waals surface area contributed by atoms with Gasteiger partial charge in [0.15, 0.2) is 6.61 Å². The number of anilines is 1. The molecule has 0 unspecified atom stereocenters. The highest BCUT2D eigenvalue weighted by molar-refractivity contribution is 5.78. The number of amides is 2. The molecule has 0 aliphatic carbocycles. The van der Waals surface area contributed by atoms with E-state index in [0.29, 0.717) is 45.1 Å². The molecule has 32 heavy (non-hydrogen) atoms. The number of nitrogens with zero attached hydrogens (tertiary/aromatic N) is 3. The number of para-hydroxylation sites is 1. The van der Waals surface area contributed by atoms with Crippen LogP contribution in [0.25, 0.3) is 0 Å². The summed E-state index contributed by atoms with van der Waals surface area (Å²) in [6, 6.07) is 9.61. The van der Waals surface area contributed by atoms with Gasteiger partial charge >= 0.3 is 6.09 Å². The second kappa shape index (κ2) is 9.76. The minimum atomic E-state index is -0.369. The molecule has 1 fully saturated rings. The topological polar surface area (TPSA) is 92.5 Å². The van der Waals surface area contributed by atoms with Gasteiger partial charge in [0.1, 0.15) is 12.0 Å². The van der Waals surface area contributed by atoms with Crippen molar-refractivity contribution in [2.45, 2.75) is 19.9 Å². The summed E-state index contributed by atoms with van der Waals surface area (Å²) in [7, 11) is 0. The van der Waals surface area contributed by atoms with Crippen LogP contribution < -0.4 is 15.1 Å². The van der Waals surface area contributed by atoms with Crippen LogP contribution in [0.15, 0.2) is 45.8 Å². The number of piperazine rings is 1. The van der Waals surface area contributed by atoms with E-state index in [1.165, 1.54) is 17.9 Å². The number of carbonyl (C=O) groups excluding carboxylic acids is 2. The third kappa shape index (κ3) is 4.87. The highest BCUT2D eigenvalue weighted by Gasteiger charge is 2.25. The van der Waals surface area contributed by atoms with Gasteiger partial charge < -0.3 is 28.6 Å². The van der Waals surface area contributed by atoms with Crippen LogP contribution in [0.5, 0.6) is 5.75 Å². The number of carbonyl (C=O) groups is 2. The summed E-state index contributed by atoms with van der Waals surface area (Å²) in [6.07, 6.45) is 1.87. The zero-order valence-corrected chi connectivity index (χ0v) is 18.1. The number of rotatable bonds is 6. The third-order valence-corrected chi connectivity index (χ3v) is 5.69. The van der Waals surface area contributed by atoms with Gasteiger partial charge in [-0.2, -0.15) is 0 Å². The Kier molecular flexibility index (Phi) is 6.63. The molecule has 0 radical (unpaired) electrons. The Hall–Kier alpha value is -3.49. The summed E-state index contributed by atoms with van der Waals surface area (Å²) in [5, 5.41) is 0.